The number of hydroxylamine groups is 1. The molecule has 0 amide bonds. The summed E-state index contributed by atoms with van der Waals surface area (Å²) in [6, 6.07) is 0. The molecule has 0 saturated carbocycles. The molecule has 3 heteroatoms. The molecule has 0 aromatic rings. The van der Waals surface area contributed by atoms with Crippen LogP contribution in [0.1, 0.15) is 78.1 Å². The van der Waals surface area contributed by atoms with Crippen molar-refractivity contribution in [3.63, 3.8) is 0 Å². The summed E-state index contributed by atoms with van der Waals surface area (Å²) in [6.07, 6.45) is 11.2. The molecule has 0 fully saturated rings. The van der Waals surface area contributed by atoms with Crippen LogP contribution in [0.25, 0.3) is 0 Å². The highest BCUT2D eigenvalue weighted by atomic mass is 16.7. The van der Waals surface area contributed by atoms with Crippen LogP contribution in [0.5, 0.6) is 0 Å². The Labute approximate surface area is 106 Å². The third-order valence-electron chi connectivity index (χ3n) is 2.80. The zero-order valence-corrected chi connectivity index (χ0v) is 11.6. The topological polar surface area (TPSA) is 38.3 Å². The van der Waals surface area contributed by atoms with Crippen molar-refractivity contribution >= 4 is 5.97 Å². The second-order valence-corrected chi connectivity index (χ2v) is 4.59. The zero-order valence-electron chi connectivity index (χ0n) is 11.6. The summed E-state index contributed by atoms with van der Waals surface area (Å²) < 4.78 is 0. The van der Waals surface area contributed by atoms with Crippen molar-refractivity contribution in [3.8, 4) is 0 Å². The lowest BCUT2D eigenvalue weighted by atomic mass is 10.1. The van der Waals surface area contributed by atoms with Crippen molar-refractivity contribution in [1.29, 1.82) is 0 Å². The molecule has 3 nitrogen and oxygen atoms in total. The maximum Gasteiger partial charge on any atom is 0.324 e. The summed E-state index contributed by atoms with van der Waals surface area (Å²) >= 11 is 0. The Balaban J connectivity index is 3.12. The van der Waals surface area contributed by atoms with Crippen molar-refractivity contribution in [1.82, 2.24) is 5.48 Å². The minimum Gasteiger partial charge on any atom is -0.371 e. The van der Waals surface area contributed by atoms with Crippen LogP contribution in [0.3, 0.4) is 0 Å². The lowest BCUT2D eigenvalue weighted by Crippen LogP contribution is -2.20. The third kappa shape index (κ3) is 13.4. The summed E-state index contributed by atoms with van der Waals surface area (Å²) in [5.74, 6) is -0.114. The van der Waals surface area contributed by atoms with Gasteiger partial charge in [-0.05, 0) is 12.8 Å². The van der Waals surface area contributed by atoms with Crippen molar-refractivity contribution in [2.75, 3.05) is 6.54 Å². The van der Waals surface area contributed by atoms with Crippen LogP contribution in [0, 0.1) is 0 Å². The third-order valence-corrected chi connectivity index (χ3v) is 2.80. The molecule has 0 bridgehead atoms. The summed E-state index contributed by atoms with van der Waals surface area (Å²) in [7, 11) is 0. The number of unbranched alkanes of at least 4 members (excludes halogenated alkanes) is 7. The maximum absolute atomic E-state index is 11.3. The largest absolute Gasteiger partial charge is 0.371 e. The quantitative estimate of drug-likeness (QED) is 0.416. The molecule has 0 heterocycles. The molecular formula is C14H29NO2. The molecule has 0 aromatic heterocycles. The van der Waals surface area contributed by atoms with Gasteiger partial charge in [0.05, 0.1) is 0 Å². The number of carbonyl (C=O) groups excluding carboxylic acids is 1. The van der Waals surface area contributed by atoms with Crippen molar-refractivity contribution in [3.05, 3.63) is 0 Å². The summed E-state index contributed by atoms with van der Waals surface area (Å²) in [5, 5.41) is 0. The fourth-order valence-corrected chi connectivity index (χ4v) is 1.68. The van der Waals surface area contributed by atoms with Gasteiger partial charge < -0.3 is 4.84 Å². The van der Waals surface area contributed by atoms with Gasteiger partial charge in [0.15, 0.2) is 0 Å². The average molecular weight is 243 g/mol. The Morgan fingerprint density at radius 2 is 1.47 bits per heavy atom. The van der Waals surface area contributed by atoms with Crippen LogP contribution in [0.4, 0.5) is 0 Å². The van der Waals surface area contributed by atoms with Gasteiger partial charge in [0.2, 0.25) is 0 Å². The minimum absolute atomic E-state index is 0.114. The fourth-order valence-electron chi connectivity index (χ4n) is 1.68. The Hall–Kier alpha value is -0.570. The van der Waals surface area contributed by atoms with Gasteiger partial charge in [0.25, 0.3) is 0 Å². The lowest BCUT2D eigenvalue weighted by Gasteiger charge is -2.05. The molecule has 0 radical (unpaired) electrons. The number of nitrogens with one attached hydrogen (secondary N) is 1. The van der Waals surface area contributed by atoms with Gasteiger partial charge in [-0.1, -0.05) is 58.8 Å². The average Bonchev–Trinajstić information content (AvgIpc) is 2.33. The SMILES string of the molecule is CCCCCCCC(=O)ONCCCCCC. The molecule has 17 heavy (non-hydrogen) atoms. The molecule has 0 aliphatic rings. The smallest absolute Gasteiger partial charge is 0.324 e. The van der Waals surface area contributed by atoms with Crippen molar-refractivity contribution in [2.24, 2.45) is 0 Å². The number of hydrogen-bond donors (Lipinski definition) is 1. The predicted octanol–water partition coefficient (Wildman–Crippen LogP) is 3.98. The molecule has 0 atom stereocenters. The summed E-state index contributed by atoms with van der Waals surface area (Å²) in [4.78, 5) is 16.2. The molecule has 0 aromatic carbocycles. The number of carbonyl (C=O) groups is 1. The van der Waals surface area contributed by atoms with E-state index in [1.165, 1.54) is 38.5 Å². The van der Waals surface area contributed by atoms with Gasteiger partial charge >= 0.3 is 5.97 Å². The van der Waals surface area contributed by atoms with Gasteiger partial charge in [0.1, 0.15) is 0 Å². The first-order chi connectivity index (χ1) is 8.31. The molecule has 0 saturated heterocycles. The highest BCUT2D eigenvalue weighted by Crippen LogP contribution is 2.05. The number of hydrogen-bond acceptors (Lipinski definition) is 3. The second-order valence-electron chi connectivity index (χ2n) is 4.59. The first kappa shape index (κ1) is 16.4. The molecule has 102 valence electrons. The van der Waals surface area contributed by atoms with Crippen molar-refractivity contribution in [2.45, 2.75) is 78.1 Å². The van der Waals surface area contributed by atoms with Crippen LogP contribution in [-0.4, -0.2) is 12.5 Å². The van der Waals surface area contributed by atoms with E-state index in [1.54, 1.807) is 0 Å². The van der Waals surface area contributed by atoms with Gasteiger partial charge in [-0.2, -0.15) is 5.48 Å². The normalized spacial score (nSPS) is 10.5. The summed E-state index contributed by atoms with van der Waals surface area (Å²) in [5.41, 5.74) is 2.75. The molecule has 0 aliphatic heterocycles. The molecule has 0 unspecified atom stereocenters. The minimum atomic E-state index is -0.114. The monoisotopic (exact) mass is 243 g/mol. The molecule has 1 N–H and O–H groups in total. The summed E-state index contributed by atoms with van der Waals surface area (Å²) in [6.45, 7) is 5.16. The molecular weight excluding hydrogens is 214 g/mol. The highest BCUT2D eigenvalue weighted by molar-refractivity contribution is 5.68. The first-order valence-corrected chi connectivity index (χ1v) is 7.23. The zero-order chi connectivity index (χ0) is 12.8. The fraction of sp³-hybridized carbons (Fsp3) is 0.929. The van der Waals surface area contributed by atoms with Crippen LogP contribution in [0.15, 0.2) is 0 Å². The van der Waals surface area contributed by atoms with Gasteiger partial charge in [-0.3, -0.25) is 4.79 Å². The van der Waals surface area contributed by atoms with Crippen LogP contribution >= 0.6 is 0 Å². The second kappa shape index (κ2) is 13.5. The number of rotatable bonds is 12. The van der Waals surface area contributed by atoms with Gasteiger partial charge in [0, 0.05) is 13.0 Å². The van der Waals surface area contributed by atoms with Crippen LogP contribution in [0.2, 0.25) is 0 Å². The standard InChI is InChI=1S/C14H29NO2/c1-3-5-7-9-10-12-14(16)17-15-13-11-8-6-4-2/h15H,3-13H2,1-2H3. The molecule has 0 spiro atoms. The van der Waals surface area contributed by atoms with Crippen molar-refractivity contribution < 1.29 is 9.63 Å². The lowest BCUT2D eigenvalue weighted by molar-refractivity contribution is -0.151. The van der Waals surface area contributed by atoms with E-state index in [9.17, 15) is 4.79 Å². The van der Waals surface area contributed by atoms with E-state index in [-0.39, 0.29) is 5.97 Å². The van der Waals surface area contributed by atoms with Gasteiger partial charge in [-0.15, -0.1) is 0 Å². The van der Waals surface area contributed by atoms with E-state index >= 15 is 0 Å². The van der Waals surface area contributed by atoms with E-state index in [0.717, 1.165) is 25.8 Å². The van der Waals surface area contributed by atoms with Gasteiger partial charge in [-0.25, -0.2) is 0 Å². The Morgan fingerprint density at radius 3 is 2.12 bits per heavy atom. The predicted molar refractivity (Wildman–Crippen MR) is 71.6 cm³/mol. The molecule has 0 rings (SSSR count). The Bertz CT molecular complexity index is 172. The molecule has 0 aliphatic carbocycles. The Morgan fingerprint density at radius 1 is 0.882 bits per heavy atom. The van der Waals surface area contributed by atoms with E-state index in [0.29, 0.717) is 6.42 Å². The maximum atomic E-state index is 11.3. The van der Waals surface area contributed by atoms with E-state index < -0.39 is 0 Å². The Kier molecular flexibility index (Phi) is 13.0. The first-order valence-electron chi connectivity index (χ1n) is 7.23. The van der Waals surface area contributed by atoms with E-state index in [1.807, 2.05) is 0 Å². The van der Waals surface area contributed by atoms with Crippen LogP contribution in [-0.2, 0) is 9.63 Å². The van der Waals surface area contributed by atoms with E-state index in [4.69, 9.17) is 4.84 Å². The van der Waals surface area contributed by atoms with E-state index in [2.05, 4.69) is 19.3 Å². The highest BCUT2D eigenvalue weighted by Gasteiger charge is 2.01. The van der Waals surface area contributed by atoms with Crippen LogP contribution < -0.4 is 5.48 Å².